The molecule has 26 heavy (non-hydrogen) atoms. The Morgan fingerprint density at radius 1 is 1.27 bits per heavy atom. The number of halogens is 1. The van der Waals surface area contributed by atoms with Crippen molar-refractivity contribution in [2.75, 3.05) is 6.54 Å². The lowest BCUT2D eigenvalue weighted by atomic mass is 10.1. The van der Waals surface area contributed by atoms with Gasteiger partial charge in [0, 0.05) is 42.3 Å². The van der Waals surface area contributed by atoms with Gasteiger partial charge in [-0.2, -0.15) is 5.10 Å². The fourth-order valence-corrected chi connectivity index (χ4v) is 3.50. The second-order valence-electron chi connectivity index (χ2n) is 6.62. The first-order valence-electron chi connectivity index (χ1n) is 9.07. The zero-order valence-corrected chi connectivity index (χ0v) is 16.9. The van der Waals surface area contributed by atoms with Gasteiger partial charge in [0.1, 0.15) is 0 Å². The van der Waals surface area contributed by atoms with Gasteiger partial charge in [-0.25, -0.2) is 0 Å². The van der Waals surface area contributed by atoms with Crippen LogP contribution in [0.3, 0.4) is 0 Å². The number of rotatable bonds is 8. The van der Waals surface area contributed by atoms with Gasteiger partial charge in [-0.05, 0) is 60.7 Å². The van der Waals surface area contributed by atoms with Crippen LogP contribution in [0.5, 0.6) is 0 Å². The molecule has 0 atom stereocenters. The number of hydrogen-bond donors (Lipinski definition) is 2. The van der Waals surface area contributed by atoms with E-state index in [1.807, 2.05) is 30.7 Å². The van der Waals surface area contributed by atoms with Crippen molar-refractivity contribution in [3.63, 3.8) is 0 Å². The summed E-state index contributed by atoms with van der Waals surface area (Å²) in [5.74, 6) is 0.124. The number of aryl methyl sites for hydroxylation is 3. The fourth-order valence-electron chi connectivity index (χ4n) is 3.22. The summed E-state index contributed by atoms with van der Waals surface area (Å²) in [7, 11) is 0. The molecule has 0 saturated carbocycles. The molecule has 1 amide bonds. The SMILES string of the molecule is Cc1nn(CCCNC(=O)CCCc2c[nH]c3ccccc23)c(C)c1Br. The van der Waals surface area contributed by atoms with Crippen LogP contribution in [0.15, 0.2) is 34.9 Å². The number of amides is 1. The van der Waals surface area contributed by atoms with Gasteiger partial charge in [0.25, 0.3) is 0 Å². The number of nitrogens with one attached hydrogen (secondary N) is 2. The monoisotopic (exact) mass is 416 g/mol. The minimum atomic E-state index is 0.124. The molecular weight excluding hydrogens is 392 g/mol. The van der Waals surface area contributed by atoms with Crippen molar-refractivity contribution in [3.8, 4) is 0 Å². The summed E-state index contributed by atoms with van der Waals surface area (Å²) < 4.78 is 3.06. The molecule has 0 bridgehead atoms. The van der Waals surface area contributed by atoms with E-state index in [1.165, 1.54) is 10.9 Å². The molecule has 0 aliphatic rings. The molecule has 0 fully saturated rings. The summed E-state index contributed by atoms with van der Waals surface area (Å²) in [4.78, 5) is 15.3. The highest BCUT2D eigenvalue weighted by atomic mass is 79.9. The van der Waals surface area contributed by atoms with E-state index in [0.29, 0.717) is 13.0 Å². The minimum Gasteiger partial charge on any atom is -0.361 e. The topological polar surface area (TPSA) is 62.7 Å². The molecule has 1 aromatic carbocycles. The molecular formula is C20H25BrN4O. The van der Waals surface area contributed by atoms with Crippen LogP contribution in [-0.4, -0.2) is 27.2 Å². The van der Waals surface area contributed by atoms with E-state index in [1.54, 1.807) is 0 Å². The van der Waals surface area contributed by atoms with Crippen molar-refractivity contribution < 1.29 is 4.79 Å². The minimum absolute atomic E-state index is 0.124. The molecule has 5 nitrogen and oxygen atoms in total. The molecule has 0 aliphatic carbocycles. The number of fused-ring (bicyclic) bond motifs is 1. The Hall–Kier alpha value is -2.08. The number of benzene rings is 1. The lowest BCUT2D eigenvalue weighted by Gasteiger charge is -2.07. The van der Waals surface area contributed by atoms with Crippen molar-refractivity contribution in [2.45, 2.75) is 46.1 Å². The van der Waals surface area contributed by atoms with Crippen LogP contribution in [0.2, 0.25) is 0 Å². The number of nitrogens with zero attached hydrogens (tertiary/aromatic N) is 2. The van der Waals surface area contributed by atoms with Gasteiger partial charge in [-0.3, -0.25) is 9.48 Å². The number of hydrogen-bond acceptors (Lipinski definition) is 2. The van der Waals surface area contributed by atoms with Crippen LogP contribution in [-0.2, 0) is 17.8 Å². The Kier molecular flexibility index (Phi) is 6.14. The van der Waals surface area contributed by atoms with Crippen LogP contribution < -0.4 is 5.32 Å². The summed E-state index contributed by atoms with van der Waals surface area (Å²) in [6.07, 6.45) is 5.26. The largest absolute Gasteiger partial charge is 0.361 e. The molecule has 6 heteroatoms. The molecule has 2 aromatic heterocycles. The smallest absolute Gasteiger partial charge is 0.220 e. The maximum absolute atomic E-state index is 12.0. The van der Waals surface area contributed by atoms with Gasteiger partial charge in [0.05, 0.1) is 10.2 Å². The Balaban J connectivity index is 1.36. The zero-order chi connectivity index (χ0) is 18.5. The first-order valence-corrected chi connectivity index (χ1v) is 9.86. The van der Waals surface area contributed by atoms with Crippen LogP contribution >= 0.6 is 15.9 Å². The number of aromatic nitrogens is 3. The van der Waals surface area contributed by atoms with Gasteiger partial charge >= 0.3 is 0 Å². The Morgan fingerprint density at radius 2 is 2.08 bits per heavy atom. The van der Waals surface area contributed by atoms with Gasteiger partial charge in [0.2, 0.25) is 5.91 Å². The fraction of sp³-hybridized carbons (Fsp3) is 0.400. The summed E-state index contributed by atoms with van der Waals surface area (Å²) in [6.45, 7) is 5.53. The molecule has 0 radical (unpaired) electrons. The van der Waals surface area contributed by atoms with Crippen LogP contribution in [0.4, 0.5) is 0 Å². The second kappa shape index (κ2) is 8.54. The first kappa shape index (κ1) is 18.7. The van der Waals surface area contributed by atoms with Gasteiger partial charge in [-0.15, -0.1) is 0 Å². The summed E-state index contributed by atoms with van der Waals surface area (Å²) in [5, 5.41) is 8.75. The summed E-state index contributed by atoms with van der Waals surface area (Å²) >= 11 is 3.54. The van der Waals surface area contributed by atoms with E-state index in [2.05, 4.69) is 49.7 Å². The predicted molar refractivity (Wildman–Crippen MR) is 108 cm³/mol. The highest BCUT2D eigenvalue weighted by Gasteiger charge is 2.08. The van der Waals surface area contributed by atoms with Gasteiger partial charge in [0.15, 0.2) is 0 Å². The quantitative estimate of drug-likeness (QED) is 0.538. The Bertz CT molecular complexity index is 896. The van der Waals surface area contributed by atoms with Crippen molar-refractivity contribution in [1.29, 1.82) is 0 Å². The lowest BCUT2D eigenvalue weighted by Crippen LogP contribution is -2.25. The third-order valence-electron chi connectivity index (χ3n) is 4.69. The van der Waals surface area contributed by atoms with Gasteiger partial charge < -0.3 is 10.3 Å². The molecule has 138 valence electrons. The standard InChI is InChI=1S/C20H25BrN4O/c1-14-20(21)15(2)25(24-14)12-6-11-22-19(26)10-5-7-16-13-23-18-9-4-3-8-17(16)18/h3-4,8-9,13,23H,5-7,10-12H2,1-2H3,(H,22,26). The van der Waals surface area contributed by atoms with Crippen molar-refractivity contribution in [3.05, 3.63) is 51.9 Å². The molecule has 0 saturated heterocycles. The number of aromatic amines is 1. The zero-order valence-electron chi connectivity index (χ0n) is 15.3. The Morgan fingerprint density at radius 3 is 2.85 bits per heavy atom. The summed E-state index contributed by atoms with van der Waals surface area (Å²) in [5.41, 5.74) is 4.57. The highest BCUT2D eigenvalue weighted by molar-refractivity contribution is 9.10. The van der Waals surface area contributed by atoms with Crippen molar-refractivity contribution in [2.24, 2.45) is 0 Å². The summed E-state index contributed by atoms with van der Waals surface area (Å²) in [6, 6.07) is 8.28. The van der Waals surface area contributed by atoms with E-state index >= 15 is 0 Å². The van der Waals surface area contributed by atoms with E-state index in [-0.39, 0.29) is 5.91 Å². The number of para-hydroxylation sites is 1. The van der Waals surface area contributed by atoms with E-state index in [0.717, 1.165) is 47.2 Å². The molecule has 0 spiro atoms. The van der Waals surface area contributed by atoms with Crippen LogP contribution in [0.1, 0.15) is 36.2 Å². The lowest BCUT2D eigenvalue weighted by molar-refractivity contribution is -0.121. The molecule has 2 N–H and O–H groups in total. The van der Waals surface area contributed by atoms with Crippen molar-refractivity contribution >= 4 is 32.7 Å². The average Bonchev–Trinajstić information content (AvgIpc) is 3.15. The average molecular weight is 417 g/mol. The maximum Gasteiger partial charge on any atom is 0.220 e. The number of carbonyl (C=O) groups is 1. The number of H-pyrrole nitrogens is 1. The van der Waals surface area contributed by atoms with E-state index < -0.39 is 0 Å². The third kappa shape index (κ3) is 4.36. The van der Waals surface area contributed by atoms with Gasteiger partial charge in [-0.1, -0.05) is 18.2 Å². The Labute approximate surface area is 162 Å². The normalized spacial score (nSPS) is 11.2. The van der Waals surface area contributed by atoms with Crippen LogP contribution in [0, 0.1) is 13.8 Å². The number of carbonyl (C=O) groups excluding carboxylic acids is 1. The molecule has 0 unspecified atom stereocenters. The molecule has 3 rings (SSSR count). The highest BCUT2D eigenvalue weighted by Crippen LogP contribution is 2.20. The maximum atomic E-state index is 12.0. The third-order valence-corrected chi connectivity index (χ3v) is 5.83. The molecule has 0 aliphatic heterocycles. The van der Waals surface area contributed by atoms with E-state index in [4.69, 9.17) is 0 Å². The second-order valence-corrected chi connectivity index (χ2v) is 7.42. The first-order chi connectivity index (χ1) is 12.6. The molecule has 3 aromatic rings. The van der Waals surface area contributed by atoms with Crippen molar-refractivity contribution in [1.82, 2.24) is 20.1 Å². The van der Waals surface area contributed by atoms with E-state index in [9.17, 15) is 4.79 Å². The van der Waals surface area contributed by atoms with Crippen LogP contribution in [0.25, 0.3) is 10.9 Å². The predicted octanol–water partition coefficient (Wildman–Crippen LogP) is 4.27. The molecule has 2 heterocycles.